The standard InChI is InChI=1S/C11H20O3/c1-6-7-11(4,12-5)9-8-13-10(2,3)14-9/h6,9H,1,7-8H2,2-5H3/t9-,11-/m1/s1. The van der Waals surface area contributed by atoms with Gasteiger partial charge < -0.3 is 14.2 Å². The van der Waals surface area contributed by atoms with Gasteiger partial charge in [-0.2, -0.15) is 0 Å². The molecule has 0 aromatic carbocycles. The lowest BCUT2D eigenvalue weighted by Gasteiger charge is -2.32. The third-order valence-electron chi connectivity index (χ3n) is 2.71. The fourth-order valence-corrected chi connectivity index (χ4v) is 1.62. The Morgan fingerprint density at radius 2 is 2.29 bits per heavy atom. The molecule has 0 radical (unpaired) electrons. The van der Waals surface area contributed by atoms with Crippen molar-refractivity contribution in [2.24, 2.45) is 0 Å². The molecule has 0 spiro atoms. The van der Waals surface area contributed by atoms with Crippen molar-refractivity contribution >= 4 is 0 Å². The molecule has 0 bridgehead atoms. The van der Waals surface area contributed by atoms with E-state index in [2.05, 4.69) is 6.58 Å². The van der Waals surface area contributed by atoms with E-state index in [0.717, 1.165) is 6.42 Å². The number of hydrogen-bond donors (Lipinski definition) is 0. The first-order valence-electron chi connectivity index (χ1n) is 4.91. The Labute approximate surface area is 86.0 Å². The molecule has 82 valence electrons. The highest BCUT2D eigenvalue weighted by atomic mass is 16.7. The zero-order valence-electron chi connectivity index (χ0n) is 9.50. The van der Waals surface area contributed by atoms with Crippen molar-refractivity contribution in [3.8, 4) is 0 Å². The van der Waals surface area contributed by atoms with Crippen LogP contribution in [0.25, 0.3) is 0 Å². The van der Waals surface area contributed by atoms with Gasteiger partial charge in [0.05, 0.1) is 12.2 Å². The third-order valence-corrected chi connectivity index (χ3v) is 2.71. The summed E-state index contributed by atoms with van der Waals surface area (Å²) in [7, 11) is 1.69. The van der Waals surface area contributed by atoms with Gasteiger partial charge in [0.2, 0.25) is 0 Å². The molecule has 3 nitrogen and oxygen atoms in total. The summed E-state index contributed by atoms with van der Waals surface area (Å²) in [5.74, 6) is -0.494. The Morgan fingerprint density at radius 3 is 2.64 bits per heavy atom. The van der Waals surface area contributed by atoms with Crippen LogP contribution in [0.1, 0.15) is 27.2 Å². The number of hydrogen-bond acceptors (Lipinski definition) is 3. The molecule has 1 saturated heterocycles. The van der Waals surface area contributed by atoms with Crippen LogP contribution < -0.4 is 0 Å². The molecule has 0 N–H and O–H groups in total. The van der Waals surface area contributed by atoms with E-state index in [4.69, 9.17) is 14.2 Å². The maximum absolute atomic E-state index is 5.76. The van der Waals surface area contributed by atoms with E-state index in [1.807, 2.05) is 26.8 Å². The molecule has 0 amide bonds. The normalized spacial score (nSPS) is 29.9. The van der Waals surface area contributed by atoms with Crippen LogP contribution in [-0.4, -0.2) is 31.2 Å². The SMILES string of the molecule is C=CC[C@@](C)(OC)[C@H]1COC(C)(C)O1. The van der Waals surface area contributed by atoms with Gasteiger partial charge >= 0.3 is 0 Å². The van der Waals surface area contributed by atoms with E-state index < -0.39 is 5.79 Å². The van der Waals surface area contributed by atoms with Crippen LogP contribution in [0, 0.1) is 0 Å². The zero-order valence-corrected chi connectivity index (χ0v) is 9.50. The fourth-order valence-electron chi connectivity index (χ4n) is 1.62. The lowest BCUT2D eigenvalue weighted by atomic mass is 9.95. The Bertz CT molecular complexity index is 213. The van der Waals surface area contributed by atoms with E-state index in [0.29, 0.717) is 6.61 Å². The van der Waals surface area contributed by atoms with Crippen LogP contribution in [0.15, 0.2) is 12.7 Å². The molecule has 1 aliphatic rings. The summed E-state index contributed by atoms with van der Waals surface area (Å²) in [5, 5.41) is 0. The maximum atomic E-state index is 5.76. The van der Waals surface area contributed by atoms with Crippen molar-refractivity contribution in [2.45, 2.75) is 44.7 Å². The van der Waals surface area contributed by atoms with E-state index >= 15 is 0 Å². The molecule has 0 aromatic rings. The molecule has 0 aromatic heterocycles. The molecule has 1 aliphatic heterocycles. The van der Waals surface area contributed by atoms with Crippen LogP contribution in [0.5, 0.6) is 0 Å². The van der Waals surface area contributed by atoms with Gasteiger partial charge in [0, 0.05) is 7.11 Å². The van der Waals surface area contributed by atoms with Gasteiger partial charge in [0.15, 0.2) is 5.79 Å². The van der Waals surface area contributed by atoms with Crippen LogP contribution in [0.2, 0.25) is 0 Å². The summed E-state index contributed by atoms with van der Waals surface area (Å²) < 4.78 is 16.8. The van der Waals surface area contributed by atoms with Gasteiger partial charge in [-0.1, -0.05) is 6.08 Å². The first-order chi connectivity index (χ1) is 6.43. The predicted molar refractivity (Wildman–Crippen MR) is 55.1 cm³/mol. The smallest absolute Gasteiger partial charge is 0.163 e. The van der Waals surface area contributed by atoms with Crippen molar-refractivity contribution in [3.63, 3.8) is 0 Å². The molecular weight excluding hydrogens is 180 g/mol. The van der Waals surface area contributed by atoms with Gasteiger partial charge in [-0.3, -0.25) is 0 Å². The Hall–Kier alpha value is -0.380. The number of rotatable bonds is 4. The molecule has 1 fully saturated rings. The predicted octanol–water partition coefficient (Wildman–Crippen LogP) is 2.12. The minimum atomic E-state index is -0.494. The second kappa shape index (κ2) is 4.01. The van der Waals surface area contributed by atoms with Crippen LogP contribution in [0.3, 0.4) is 0 Å². The highest BCUT2D eigenvalue weighted by molar-refractivity contribution is 4.94. The lowest BCUT2D eigenvalue weighted by molar-refractivity contribution is -0.172. The lowest BCUT2D eigenvalue weighted by Crippen LogP contribution is -2.43. The van der Waals surface area contributed by atoms with Crippen molar-refractivity contribution in [3.05, 3.63) is 12.7 Å². The second-order valence-corrected chi connectivity index (χ2v) is 4.33. The molecule has 14 heavy (non-hydrogen) atoms. The minimum absolute atomic E-state index is 0.0273. The summed E-state index contributed by atoms with van der Waals surface area (Å²) in [6, 6.07) is 0. The van der Waals surface area contributed by atoms with E-state index in [-0.39, 0.29) is 11.7 Å². The molecular formula is C11H20O3. The molecule has 1 heterocycles. The van der Waals surface area contributed by atoms with Crippen molar-refractivity contribution < 1.29 is 14.2 Å². The third kappa shape index (κ3) is 2.35. The highest BCUT2D eigenvalue weighted by Gasteiger charge is 2.43. The highest BCUT2D eigenvalue weighted by Crippen LogP contribution is 2.32. The van der Waals surface area contributed by atoms with Crippen molar-refractivity contribution in [1.82, 2.24) is 0 Å². The monoisotopic (exact) mass is 200 g/mol. The zero-order chi connectivity index (χ0) is 10.8. The molecule has 0 aliphatic carbocycles. The fraction of sp³-hybridized carbons (Fsp3) is 0.818. The topological polar surface area (TPSA) is 27.7 Å². The molecule has 0 unspecified atom stereocenters. The summed E-state index contributed by atoms with van der Waals surface area (Å²) in [6.07, 6.45) is 2.58. The number of ether oxygens (including phenoxy) is 3. The summed E-state index contributed by atoms with van der Waals surface area (Å²) >= 11 is 0. The minimum Gasteiger partial charge on any atom is -0.375 e. The molecule has 1 rings (SSSR count). The Kier molecular flexibility index (Phi) is 3.35. The summed E-state index contributed by atoms with van der Waals surface area (Å²) in [6.45, 7) is 10.1. The molecule has 2 atom stereocenters. The second-order valence-electron chi connectivity index (χ2n) is 4.33. The summed E-state index contributed by atoms with van der Waals surface area (Å²) in [4.78, 5) is 0. The van der Waals surface area contributed by atoms with Gasteiger partial charge in [-0.15, -0.1) is 6.58 Å². The first kappa shape index (κ1) is 11.7. The average Bonchev–Trinajstić information content (AvgIpc) is 2.47. The van der Waals surface area contributed by atoms with Crippen LogP contribution in [0.4, 0.5) is 0 Å². The van der Waals surface area contributed by atoms with Crippen molar-refractivity contribution in [2.75, 3.05) is 13.7 Å². The quantitative estimate of drug-likeness (QED) is 0.651. The largest absolute Gasteiger partial charge is 0.375 e. The molecule has 0 saturated carbocycles. The van der Waals surface area contributed by atoms with Gasteiger partial charge in [0.25, 0.3) is 0 Å². The first-order valence-corrected chi connectivity index (χ1v) is 4.91. The summed E-state index contributed by atoms with van der Waals surface area (Å²) in [5.41, 5.74) is -0.338. The van der Waals surface area contributed by atoms with E-state index in [1.54, 1.807) is 7.11 Å². The van der Waals surface area contributed by atoms with Crippen LogP contribution >= 0.6 is 0 Å². The van der Waals surface area contributed by atoms with Crippen molar-refractivity contribution in [1.29, 1.82) is 0 Å². The molecule has 3 heteroatoms. The van der Waals surface area contributed by atoms with Gasteiger partial charge in [0.1, 0.15) is 6.10 Å². The average molecular weight is 200 g/mol. The number of methoxy groups -OCH3 is 1. The Balaban J connectivity index is 2.67. The van der Waals surface area contributed by atoms with Gasteiger partial charge in [-0.25, -0.2) is 0 Å². The van der Waals surface area contributed by atoms with Crippen LogP contribution in [-0.2, 0) is 14.2 Å². The maximum Gasteiger partial charge on any atom is 0.163 e. The van der Waals surface area contributed by atoms with E-state index in [9.17, 15) is 0 Å². The van der Waals surface area contributed by atoms with E-state index in [1.165, 1.54) is 0 Å². The van der Waals surface area contributed by atoms with Gasteiger partial charge in [-0.05, 0) is 27.2 Å². The Morgan fingerprint density at radius 1 is 1.64 bits per heavy atom.